The molecule has 100 valence electrons. The van der Waals surface area contributed by atoms with E-state index in [2.05, 4.69) is 0 Å². The molecule has 4 heteroatoms. The maximum absolute atomic E-state index is 12.5. The highest BCUT2D eigenvalue weighted by Crippen LogP contribution is 2.37. The maximum Gasteiger partial charge on any atom is 0.201 e. The second kappa shape index (κ2) is 3.93. The quantitative estimate of drug-likeness (QED) is 0.657. The average molecular weight is 268 g/mol. The fourth-order valence-corrected chi connectivity index (χ4v) is 2.64. The van der Waals surface area contributed by atoms with Crippen LogP contribution in [0.5, 0.6) is 11.5 Å². The lowest BCUT2D eigenvalue weighted by Crippen LogP contribution is -2.21. The standard InChI is InChI=1S/C16H12O4/c1-7-3-9-13(11(17)5-7)16(20)14-10(15(9)19)4-8(2)6-12(14)18/h3-6,17-18H,1-2H3. The molecule has 2 aromatic rings. The lowest BCUT2D eigenvalue weighted by Gasteiger charge is -2.20. The van der Waals surface area contributed by atoms with Crippen LogP contribution >= 0.6 is 0 Å². The topological polar surface area (TPSA) is 74.6 Å². The van der Waals surface area contributed by atoms with E-state index < -0.39 is 5.78 Å². The molecule has 0 unspecified atom stereocenters. The van der Waals surface area contributed by atoms with Gasteiger partial charge >= 0.3 is 0 Å². The molecule has 0 amide bonds. The van der Waals surface area contributed by atoms with E-state index in [1.54, 1.807) is 26.0 Å². The molecule has 0 atom stereocenters. The first-order chi connectivity index (χ1) is 9.40. The summed E-state index contributed by atoms with van der Waals surface area (Å²) in [4.78, 5) is 24.9. The largest absolute Gasteiger partial charge is 0.507 e. The third kappa shape index (κ3) is 1.54. The van der Waals surface area contributed by atoms with E-state index in [-0.39, 0.29) is 39.5 Å². The van der Waals surface area contributed by atoms with Crippen LogP contribution in [-0.4, -0.2) is 21.8 Å². The van der Waals surface area contributed by atoms with Gasteiger partial charge in [0, 0.05) is 11.1 Å². The van der Waals surface area contributed by atoms with Crippen molar-refractivity contribution in [3.05, 3.63) is 57.6 Å². The predicted molar refractivity (Wildman–Crippen MR) is 72.6 cm³/mol. The van der Waals surface area contributed by atoms with Crippen LogP contribution in [0.3, 0.4) is 0 Å². The molecule has 3 rings (SSSR count). The van der Waals surface area contributed by atoms with Crippen LogP contribution in [0.2, 0.25) is 0 Å². The number of aromatic hydroxyl groups is 2. The van der Waals surface area contributed by atoms with Crippen molar-refractivity contribution in [3.63, 3.8) is 0 Å². The molecule has 0 fully saturated rings. The van der Waals surface area contributed by atoms with E-state index in [1.165, 1.54) is 12.1 Å². The summed E-state index contributed by atoms with van der Waals surface area (Å²) in [7, 11) is 0. The number of phenols is 2. The van der Waals surface area contributed by atoms with Crippen LogP contribution in [0.4, 0.5) is 0 Å². The number of carbonyl (C=O) groups excluding carboxylic acids is 2. The van der Waals surface area contributed by atoms with E-state index in [0.717, 1.165) is 0 Å². The normalized spacial score (nSPS) is 13.1. The molecular formula is C16H12O4. The van der Waals surface area contributed by atoms with Gasteiger partial charge in [-0.3, -0.25) is 9.59 Å². The van der Waals surface area contributed by atoms with Gasteiger partial charge in [-0.25, -0.2) is 0 Å². The van der Waals surface area contributed by atoms with Crippen LogP contribution in [0, 0.1) is 13.8 Å². The zero-order valence-corrected chi connectivity index (χ0v) is 11.0. The first-order valence-electron chi connectivity index (χ1n) is 6.16. The first-order valence-corrected chi connectivity index (χ1v) is 6.16. The van der Waals surface area contributed by atoms with Gasteiger partial charge in [0.25, 0.3) is 0 Å². The molecule has 0 spiro atoms. The van der Waals surface area contributed by atoms with Gasteiger partial charge in [0.15, 0.2) is 5.78 Å². The fraction of sp³-hybridized carbons (Fsp3) is 0.125. The van der Waals surface area contributed by atoms with Gasteiger partial charge in [0.05, 0.1) is 11.1 Å². The van der Waals surface area contributed by atoms with Crippen molar-refractivity contribution in [2.45, 2.75) is 13.8 Å². The van der Waals surface area contributed by atoms with Crippen LogP contribution in [0.25, 0.3) is 0 Å². The number of hydrogen-bond acceptors (Lipinski definition) is 4. The minimum Gasteiger partial charge on any atom is -0.507 e. The Morgan fingerprint density at radius 2 is 1.10 bits per heavy atom. The highest BCUT2D eigenvalue weighted by molar-refractivity contribution is 6.30. The molecule has 0 heterocycles. The smallest absolute Gasteiger partial charge is 0.201 e. The SMILES string of the molecule is Cc1cc(O)c2c(c1)C(=O)c1cc(C)cc(O)c1C2=O. The summed E-state index contributed by atoms with van der Waals surface area (Å²) in [6, 6.07) is 6.02. The van der Waals surface area contributed by atoms with E-state index in [4.69, 9.17) is 0 Å². The van der Waals surface area contributed by atoms with E-state index in [9.17, 15) is 19.8 Å². The number of phenolic OH excluding ortho intramolecular Hbond substituents is 2. The van der Waals surface area contributed by atoms with Crippen molar-refractivity contribution in [2.24, 2.45) is 0 Å². The number of rotatable bonds is 0. The average Bonchev–Trinajstić information content (AvgIpc) is 2.34. The minimum atomic E-state index is -0.524. The number of benzene rings is 2. The lowest BCUT2D eigenvalue weighted by molar-refractivity contribution is 0.0974. The Morgan fingerprint density at radius 1 is 0.700 bits per heavy atom. The first kappa shape index (κ1) is 12.4. The fourth-order valence-electron chi connectivity index (χ4n) is 2.64. The third-order valence-electron chi connectivity index (χ3n) is 3.47. The van der Waals surface area contributed by atoms with Crippen molar-refractivity contribution in [1.82, 2.24) is 0 Å². The van der Waals surface area contributed by atoms with Crippen molar-refractivity contribution in [2.75, 3.05) is 0 Å². The highest BCUT2D eigenvalue weighted by Gasteiger charge is 2.34. The zero-order valence-electron chi connectivity index (χ0n) is 11.0. The van der Waals surface area contributed by atoms with Gasteiger partial charge in [-0.15, -0.1) is 0 Å². The highest BCUT2D eigenvalue weighted by atomic mass is 16.3. The molecule has 0 saturated heterocycles. The summed E-state index contributed by atoms with van der Waals surface area (Å²) in [6.07, 6.45) is 0. The van der Waals surface area contributed by atoms with Crippen molar-refractivity contribution in [1.29, 1.82) is 0 Å². The Labute approximate surface area is 115 Å². The van der Waals surface area contributed by atoms with Crippen LogP contribution in [0.15, 0.2) is 24.3 Å². The van der Waals surface area contributed by atoms with Gasteiger partial charge in [0.1, 0.15) is 11.5 Å². The molecule has 1 aliphatic rings. The Balaban J connectivity index is 2.40. The molecule has 20 heavy (non-hydrogen) atoms. The van der Waals surface area contributed by atoms with Gasteiger partial charge in [-0.1, -0.05) is 0 Å². The monoisotopic (exact) mass is 268 g/mol. The molecule has 0 aliphatic heterocycles. The summed E-state index contributed by atoms with van der Waals surface area (Å²) in [5.41, 5.74) is 1.69. The molecule has 2 aromatic carbocycles. The third-order valence-corrected chi connectivity index (χ3v) is 3.47. The second-order valence-electron chi connectivity index (χ2n) is 5.07. The molecule has 0 saturated carbocycles. The number of ketones is 2. The molecule has 1 aliphatic carbocycles. The van der Waals surface area contributed by atoms with Gasteiger partial charge in [-0.05, 0) is 49.2 Å². The Bertz CT molecular complexity index is 724. The van der Waals surface area contributed by atoms with E-state index in [1.807, 2.05) is 0 Å². The Hall–Kier alpha value is -2.62. The summed E-state index contributed by atoms with van der Waals surface area (Å²) >= 11 is 0. The zero-order chi connectivity index (χ0) is 14.6. The molecular weight excluding hydrogens is 256 g/mol. The predicted octanol–water partition coefficient (Wildman–Crippen LogP) is 2.49. The molecule has 4 nitrogen and oxygen atoms in total. The second-order valence-corrected chi connectivity index (χ2v) is 5.07. The Kier molecular flexibility index (Phi) is 2.44. The molecule has 0 bridgehead atoms. The van der Waals surface area contributed by atoms with Gasteiger partial charge < -0.3 is 10.2 Å². The van der Waals surface area contributed by atoms with Crippen molar-refractivity contribution >= 4 is 11.6 Å². The van der Waals surface area contributed by atoms with Gasteiger partial charge in [-0.2, -0.15) is 0 Å². The number of carbonyl (C=O) groups is 2. The number of fused-ring (bicyclic) bond motifs is 2. The minimum absolute atomic E-state index is 0.0350. The van der Waals surface area contributed by atoms with E-state index >= 15 is 0 Å². The number of hydrogen-bond donors (Lipinski definition) is 2. The van der Waals surface area contributed by atoms with Crippen LogP contribution in [-0.2, 0) is 0 Å². The van der Waals surface area contributed by atoms with Crippen LogP contribution in [0.1, 0.15) is 43.0 Å². The summed E-state index contributed by atoms with van der Waals surface area (Å²) in [5, 5.41) is 19.9. The molecule has 0 radical (unpaired) electrons. The molecule has 2 N–H and O–H groups in total. The van der Waals surface area contributed by atoms with Gasteiger partial charge in [0.2, 0.25) is 5.78 Å². The summed E-state index contributed by atoms with van der Waals surface area (Å²) < 4.78 is 0. The van der Waals surface area contributed by atoms with Crippen molar-refractivity contribution in [3.8, 4) is 11.5 Å². The maximum atomic E-state index is 12.5. The Morgan fingerprint density at radius 3 is 1.50 bits per heavy atom. The molecule has 0 aromatic heterocycles. The lowest BCUT2D eigenvalue weighted by atomic mass is 9.81. The number of aryl methyl sites for hydroxylation is 2. The van der Waals surface area contributed by atoms with Crippen LogP contribution < -0.4 is 0 Å². The van der Waals surface area contributed by atoms with Crippen molar-refractivity contribution < 1.29 is 19.8 Å². The summed E-state index contributed by atoms with van der Waals surface area (Å²) in [5.74, 6) is -1.34. The summed E-state index contributed by atoms with van der Waals surface area (Å²) in [6.45, 7) is 3.47. The van der Waals surface area contributed by atoms with E-state index in [0.29, 0.717) is 11.1 Å².